The first-order valence-corrected chi connectivity index (χ1v) is 10.9. The van der Waals surface area contributed by atoms with Crippen molar-refractivity contribution in [3.8, 4) is 0 Å². The lowest BCUT2D eigenvalue weighted by molar-refractivity contribution is -0.138. The molecule has 31 heavy (non-hydrogen) atoms. The van der Waals surface area contributed by atoms with Crippen LogP contribution in [0.2, 0.25) is 5.02 Å². The van der Waals surface area contributed by atoms with Crippen LogP contribution in [0.4, 0.5) is 18.9 Å². The van der Waals surface area contributed by atoms with Crippen LogP contribution >= 0.6 is 23.4 Å². The molecule has 1 amide bonds. The quantitative estimate of drug-likeness (QED) is 0.535. The average molecular weight is 470 g/mol. The third-order valence-corrected chi connectivity index (χ3v) is 6.42. The van der Waals surface area contributed by atoms with E-state index in [4.69, 9.17) is 11.6 Å². The van der Waals surface area contributed by atoms with Gasteiger partial charge < -0.3 is 9.80 Å². The Kier molecular flexibility index (Phi) is 6.02. The molecule has 0 bridgehead atoms. The summed E-state index contributed by atoms with van der Waals surface area (Å²) in [6.07, 6.45) is -3.65. The Morgan fingerprint density at radius 2 is 1.81 bits per heavy atom. The number of hydrogen-bond donors (Lipinski definition) is 0. The summed E-state index contributed by atoms with van der Waals surface area (Å²) in [5, 5.41) is 7.32. The van der Waals surface area contributed by atoms with E-state index in [1.165, 1.54) is 4.40 Å². The molecule has 0 N–H and O–H groups in total. The Balaban J connectivity index is 1.45. The number of fused-ring (bicyclic) bond motifs is 1. The van der Waals surface area contributed by atoms with E-state index in [1.54, 1.807) is 11.8 Å². The Bertz CT molecular complexity index is 1080. The fraction of sp³-hybridized carbons (Fsp3) is 0.350. The highest BCUT2D eigenvalue weighted by Crippen LogP contribution is 2.34. The number of carbonyl (C=O) groups is 1. The lowest BCUT2D eigenvalue weighted by atomic mass is 10.2. The molecule has 1 atom stereocenters. The number of anilines is 1. The van der Waals surface area contributed by atoms with Gasteiger partial charge in [-0.2, -0.15) is 13.2 Å². The minimum Gasteiger partial charge on any atom is -0.368 e. The molecular formula is C20H19ClF3N5OS. The zero-order valence-corrected chi connectivity index (χ0v) is 18.1. The van der Waals surface area contributed by atoms with Gasteiger partial charge in [0.05, 0.1) is 15.8 Å². The van der Waals surface area contributed by atoms with E-state index in [0.717, 1.165) is 29.7 Å². The van der Waals surface area contributed by atoms with Crippen LogP contribution in [-0.2, 0) is 11.0 Å². The number of benzene rings is 1. The van der Waals surface area contributed by atoms with Crippen LogP contribution in [0.1, 0.15) is 12.5 Å². The highest BCUT2D eigenvalue weighted by Gasteiger charge is 2.33. The largest absolute Gasteiger partial charge is 0.417 e. The summed E-state index contributed by atoms with van der Waals surface area (Å²) < 4.78 is 40.6. The zero-order valence-electron chi connectivity index (χ0n) is 16.5. The van der Waals surface area contributed by atoms with Crippen LogP contribution in [0.25, 0.3) is 5.65 Å². The van der Waals surface area contributed by atoms with Gasteiger partial charge in [0.1, 0.15) is 0 Å². The van der Waals surface area contributed by atoms with Gasteiger partial charge in [0.2, 0.25) is 5.91 Å². The first-order chi connectivity index (χ1) is 14.7. The molecule has 6 nitrogen and oxygen atoms in total. The van der Waals surface area contributed by atoms with Gasteiger partial charge >= 0.3 is 6.18 Å². The number of para-hydroxylation sites is 1. The number of carbonyl (C=O) groups excluding carboxylic acids is 1. The molecule has 1 aliphatic heterocycles. The molecule has 2 aromatic heterocycles. The second kappa shape index (κ2) is 8.58. The molecule has 11 heteroatoms. The zero-order chi connectivity index (χ0) is 22.2. The highest BCUT2D eigenvalue weighted by molar-refractivity contribution is 8.00. The van der Waals surface area contributed by atoms with Crippen molar-refractivity contribution in [2.24, 2.45) is 0 Å². The topological polar surface area (TPSA) is 53.7 Å². The van der Waals surface area contributed by atoms with Crippen molar-refractivity contribution < 1.29 is 18.0 Å². The molecule has 1 aliphatic rings. The molecule has 3 heterocycles. The van der Waals surface area contributed by atoms with Gasteiger partial charge in [0.25, 0.3) is 0 Å². The van der Waals surface area contributed by atoms with Gasteiger partial charge in [0.15, 0.2) is 10.8 Å². The molecule has 0 spiro atoms. The fourth-order valence-corrected chi connectivity index (χ4v) is 4.61. The third kappa shape index (κ3) is 4.59. The number of alkyl halides is 3. The first kappa shape index (κ1) is 21.8. The molecule has 1 unspecified atom stereocenters. The second-order valence-corrected chi connectivity index (χ2v) is 8.87. The maximum absolute atomic E-state index is 13.1. The van der Waals surface area contributed by atoms with Crippen molar-refractivity contribution in [2.45, 2.75) is 23.5 Å². The highest BCUT2D eigenvalue weighted by atomic mass is 35.5. The smallest absolute Gasteiger partial charge is 0.368 e. The van der Waals surface area contributed by atoms with E-state index in [1.807, 2.05) is 30.3 Å². The second-order valence-electron chi connectivity index (χ2n) is 7.16. The molecule has 0 aliphatic carbocycles. The van der Waals surface area contributed by atoms with Crippen LogP contribution in [0, 0.1) is 0 Å². The van der Waals surface area contributed by atoms with Crippen molar-refractivity contribution >= 4 is 40.6 Å². The van der Waals surface area contributed by atoms with E-state index in [2.05, 4.69) is 15.1 Å². The number of hydrogen-bond acceptors (Lipinski definition) is 5. The number of nitrogens with zero attached hydrogens (tertiary/aromatic N) is 5. The maximum atomic E-state index is 13.1. The Morgan fingerprint density at radius 3 is 2.45 bits per heavy atom. The Labute approximate surface area is 186 Å². The van der Waals surface area contributed by atoms with E-state index in [0.29, 0.717) is 26.2 Å². The predicted molar refractivity (Wildman–Crippen MR) is 114 cm³/mol. The third-order valence-electron chi connectivity index (χ3n) is 5.10. The number of piperazine rings is 1. The lowest BCUT2D eigenvalue weighted by Crippen LogP contribution is -2.50. The number of halogens is 4. The average Bonchev–Trinajstić information content (AvgIpc) is 3.16. The van der Waals surface area contributed by atoms with E-state index in [9.17, 15) is 18.0 Å². The van der Waals surface area contributed by atoms with Gasteiger partial charge in [0, 0.05) is 38.1 Å². The van der Waals surface area contributed by atoms with Crippen molar-refractivity contribution in [2.75, 3.05) is 31.1 Å². The molecule has 0 saturated carbocycles. The molecule has 164 valence electrons. The van der Waals surface area contributed by atoms with Gasteiger partial charge in [-0.25, -0.2) is 0 Å². The molecule has 0 radical (unpaired) electrons. The molecule has 3 aromatic rings. The van der Waals surface area contributed by atoms with Gasteiger partial charge in [-0.05, 0) is 25.1 Å². The van der Waals surface area contributed by atoms with E-state index >= 15 is 0 Å². The summed E-state index contributed by atoms with van der Waals surface area (Å²) in [6.45, 7) is 4.29. The summed E-state index contributed by atoms with van der Waals surface area (Å²) in [6, 6.07) is 10.8. The molecule has 1 aromatic carbocycles. The Morgan fingerprint density at radius 1 is 1.13 bits per heavy atom. The van der Waals surface area contributed by atoms with Crippen molar-refractivity contribution in [1.82, 2.24) is 19.5 Å². The maximum Gasteiger partial charge on any atom is 0.417 e. The van der Waals surface area contributed by atoms with Gasteiger partial charge in [-0.3, -0.25) is 9.20 Å². The van der Waals surface area contributed by atoms with E-state index in [-0.39, 0.29) is 21.7 Å². The van der Waals surface area contributed by atoms with Gasteiger partial charge in [-0.15, -0.1) is 10.2 Å². The van der Waals surface area contributed by atoms with Crippen molar-refractivity contribution in [1.29, 1.82) is 0 Å². The minimum absolute atomic E-state index is 0.0902. The molecular weight excluding hydrogens is 451 g/mol. The van der Waals surface area contributed by atoms with E-state index < -0.39 is 17.0 Å². The van der Waals surface area contributed by atoms with Crippen LogP contribution in [0.15, 0.2) is 47.8 Å². The van der Waals surface area contributed by atoms with Crippen molar-refractivity contribution in [3.63, 3.8) is 0 Å². The first-order valence-electron chi connectivity index (χ1n) is 9.61. The molecule has 1 fully saturated rings. The van der Waals surface area contributed by atoms with Crippen LogP contribution in [0.5, 0.6) is 0 Å². The summed E-state index contributed by atoms with van der Waals surface area (Å²) in [7, 11) is 0. The monoisotopic (exact) mass is 469 g/mol. The van der Waals surface area contributed by atoms with Crippen molar-refractivity contribution in [3.05, 3.63) is 53.2 Å². The standard InChI is InChI=1S/C20H19ClF3N5OS/c1-13(18(30)28-9-7-27(8-10-28)15-5-3-2-4-6-15)31-19-26-25-17-16(21)11-14(12-29(17)19)20(22,23)24/h2-6,11-13H,7-10H2,1H3. The number of aromatic nitrogens is 3. The fourth-order valence-electron chi connectivity index (χ4n) is 3.46. The van der Waals surface area contributed by atoms with Crippen LogP contribution in [-0.4, -0.2) is 56.8 Å². The van der Waals surface area contributed by atoms with Gasteiger partial charge in [-0.1, -0.05) is 41.6 Å². The number of rotatable bonds is 4. The normalized spacial score (nSPS) is 16.0. The molecule has 1 saturated heterocycles. The summed E-state index contributed by atoms with van der Waals surface area (Å²) in [5.41, 5.74) is 0.334. The summed E-state index contributed by atoms with van der Waals surface area (Å²) in [5.74, 6) is -0.0902. The summed E-state index contributed by atoms with van der Waals surface area (Å²) >= 11 is 7.02. The van der Waals surface area contributed by atoms with Crippen LogP contribution in [0.3, 0.4) is 0 Å². The Hall–Kier alpha value is -2.46. The molecule has 4 rings (SSSR count). The number of thioether (sulfide) groups is 1. The lowest BCUT2D eigenvalue weighted by Gasteiger charge is -2.37. The summed E-state index contributed by atoms with van der Waals surface area (Å²) in [4.78, 5) is 16.9. The minimum atomic E-state index is -4.55. The SMILES string of the molecule is CC(Sc1nnc2c(Cl)cc(C(F)(F)F)cn12)C(=O)N1CCN(c2ccccc2)CC1. The number of pyridine rings is 1. The number of amides is 1. The van der Waals surface area contributed by atoms with Crippen LogP contribution < -0.4 is 4.90 Å². The predicted octanol–water partition coefficient (Wildman–Crippen LogP) is 4.23.